The van der Waals surface area contributed by atoms with Crippen molar-refractivity contribution >= 4 is 5.91 Å². The van der Waals surface area contributed by atoms with Crippen LogP contribution in [0.3, 0.4) is 0 Å². The fourth-order valence-electron chi connectivity index (χ4n) is 3.90. The van der Waals surface area contributed by atoms with Gasteiger partial charge in [-0.05, 0) is 31.2 Å². The van der Waals surface area contributed by atoms with Crippen LogP contribution < -0.4 is 11.5 Å². The van der Waals surface area contributed by atoms with Crippen LogP contribution in [0.25, 0.3) is 0 Å². The molecule has 0 aromatic heterocycles. The van der Waals surface area contributed by atoms with E-state index in [9.17, 15) is 4.79 Å². The SMILES string of the molecule is CCCC1CCC(CN)C(N2CCOCC2C(N)=O)C1. The number of primary amides is 1. The summed E-state index contributed by atoms with van der Waals surface area (Å²) in [6.45, 7) is 4.86. The number of morpholine rings is 1. The Morgan fingerprint density at radius 3 is 2.85 bits per heavy atom. The molecule has 0 aromatic rings. The third-order valence-electron chi connectivity index (χ3n) is 4.99. The molecule has 0 radical (unpaired) electrons. The van der Waals surface area contributed by atoms with Gasteiger partial charge in [-0.1, -0.05) is 26.2 Å². The quantitative estimate of drug-likeness (QED) is 0.779. The number of amides is 1. The Balaban J connectivity index is 2.09. The molecule has 5 nitrogen and oxygen atoms in total. The number of ether oxygens (including phenoxy) is 1. The molecular formula is C15H29N3O2. The van der Waals surface area contributed by atoms with Crippen LogP contribution in [0.15, 0.2) is 0 Å². The van der Waals surface area contributed by atoms with Crippen molar-refractivity contribution in [3.63, 3.8) is 0 Å². The van der Waals surface area contributed by atoms with Gasteiger partial charge in [0.05, 0.1) is 13.2 Å². The summed E-state index contributed by atoms with van der Waals surface area (Å²) < 4.78 is 5.43. The predicted octanol–water partition coefficient (Wildman–Crippen LogP) is 0.716. The van der Waals surface area contributed by atoms with Gasteiger partial charge >= 0.3 is 0 Å². The van der Waals surface area contributed by atoms with Gasteiger partial charge in [-0.25, -0.2) is 0 Å². The van der Waals surface area contributed by atoms with Gasteiger partial charge in [0, 0.05) is 12.6 Å². The number of nitrogens with zero attached hydrogens (tertiary/aromatic N) is 1. The van der Waals surface area contributed by atoms with E-state index in [2.05, 4.69) is 11.8 Å². The lowest BCUT2D eigenvalue weighted by atomic mass is 9.75. The molecule has 4 unspecified atom stereocenters. The number of nitrogens with two attached hydrogens (primary N) is 2. The van der Waals surface area contributed by atoms with Crippen molar-refractivity contribution in [2.75, 3.05) is 26.3 Å². The van der Waals surface area contributed by atoms with Crippen LogP contribution in [-0.4, -0.2) is 49.2 Å². The number of hydrogen-bond acceptors (Lipinski definition) is 4. The zero-order chi connectivity index (χ0) is 14.5. The molecule has 20 heavy (non-hydrogen) atoms. The zero-order valence-corrected chi connectivity index (χ0v) is 12.6. The minimum Gasteiger partial charge on any atom is -0.378 e. The van der Waals surface area contributed by atoms with E-state index in [-0.39, 0.29) is 11.9 Å². The van der Waals surface area contributed by atoms with Crippen LogP contribution in [0.1, 0.15) is 39.0 Å². The molecule has 116 valence electrons. The first-order chi connectivity index (χ1) is 9.67. The molecule has 1 saturated heterocycles. The standard InChI is InChI=1S/C15H29N3O2/c1-2-3-11-4-5-12(9-16)13(8-11)18-6-7-20-10-14(18)15(17)19/h11-14H,2-10,16H2,1H3,(H2,17,19). The third-order valence-corrected chi connectivity index (χ3v) is 4.99. The van der Waals surface area contributed by atoms with E-state index < -0.39 is 0 Å². The van der Waals surface area contributed by atoms with Crippen LogP contribution in [-0.2, 0) is 9.53 Å². The Kier molecular flexibility index (Phi) is 5.81. The third kappa shape index (κ3) is 3.51. The molecular weight excluding hydrogens is 254 g/mol. The van der Waals surface area contributed by atoms with Crippen LogP contribution in [0.5, 0.6) is 0 Å². The molecule has 2 fully saturated rings. The summed E-state index contributed by atoms with van der Waals surface area (Å²) in [6, 6.07) is 0.120. The van der Waals surface area contributed by atoms with Gasteiger partial charge in [0.1, 0.15) is 6.04 Å². The highest BCUT2D eigenvalue weighted by molar-refractivity contribution is 5.80. The molecule has 4 atom stereocenters. The Bertz CT molecular complexity index is 324. The first-order valence-corrected chi connectivity index (χ1v) is 8.00. The highest BCUT2D eigenvalue weighted by Crippen LogP contribution is 2.35. The summed E-state index contributed by atoms with van der Waals surface area (Å²) in [7, 11) is 0. The molecule has 5 heteroatoms. The highest BCUT2D eigenvalue weighted by atomic mass is 16.5. The number of hydrogen-bond donors (Lipinski definition) is 2. The number of carbonyl (C=O) groups is 1. The topological polar surface area (TPSA) is 81.6 Å². The molecule has 0 bridgehead atoms. The fourth-order valence-corrected chi connectivity index (χ4v) is 3.90. The van der Waals surface area contributed by atoms with Gasteiger partial charge < -0.3 is 16.2 Å². The van der Waals surface area contributed by atoms with Crippen molar-refractivity contribution < 1.29 is 9.53 Å². The van der Waals surface area contributed by atoms with Crippen molar-refractivity contribution in [3.05, 3.63) is 0 Å². The van der Waals surface area contributed by atoms with Crippen molar-refractivity contribution in [1.82, 2.24) is 4.90 Å². The average Bonchev–Trinajstić information content (AvgIpc) is 2.47. The van der Waals surface area contributed by atoms with Crippen LogP contribution >= 0.6 is 0 Å². The maximum atomic E-state index is 11.7. The van der Waals surface area contributed by atoms with E-state index in [1.165, 1.54) is 25.7 Å². The minimum absolute atomic E-state index is 0.266. The Hall–Kier alpha value is -0.650. The number of rotatable bonds is 5. The van der Waals surface area contributed by atoms with Crippen LogP contribution in [0.4, 0.5) is 0 Å². The normalized spacial score (nSPS) is 35.9. The molecule has 1 saturated carbocycles. The lowest BCUT2D eigenvalue weighted by Crippen LogP contribution is -2.59. The summed E-state index contributed by atoms with van der Waals surface area (Å²) in [6.07, 6.45) is 6.11. The summed E-state index contributed by atoms with van der Waals surface area (Å²) in [5.41, 5.74) is 11.5. The lowest BCUT2D eigenvalue weighted by molar-refractivity contribution is -0.133. The van der Waals surface area contributed by atoms with Crippen molar-refractivity contribution in [1.29, 1.82) is 0 Å². The Morgan fingerprint density at radius 1 is 1.40 bits per heavy atom. The van der Waals surface area contributed by atoms with Gasteiger partial charge in [-0.15, -0.1) is 0 Å². The fraction of sp³-hybridized carbons (Fsp3) is 0.933. The van der Waals surface area contributed by atoms with Gasteiger partial charge in [0.25, 0.3) is 0 Å². The second kappa shape index (κ2) is 7.38. The molecule has 2 aliphatic rings. The molecule has 2 rings (SSSR count). The number of carbonyl (C=O) groups excluding carboxylic acids is 1. The predicted molar refractivity (Wildman–Crippen MR) is 79.1 cm³/mol. The summed E-state index contributed by atoms with van der Waals surface area (Å²) in [4.78, 5) is 14.0. The van der Waals surface area contributed by atoms with E-state index in [0.29, 0.717) is 31.7 Å². The van der Waals surface area contributed by atoms with E-state index in [1.807, 2.05) is 0 Å². The largest absolute Gasteiger partial charge is 0.378 e. The molecule has 1 amide bonds. The van der Waals surface area contributed by atoms with E-state index >= 15 is 0 Å². The highest BCUT2D eigenvalue weighted by Gasteiger charge is 2.39. The van der Waals surface area contributed by atoms with Crippen molar-refractivity contribution in [2.24, 2.45) is 23.3 Å². The molecule has 4 N–H and O–H groups in total. The molecule has 0 aromatic carbocycles. The monoisotopic (exact) mass is 283 g/mol. The molecule has 1 heterocycles. The maximum absolute atomic E-state index is 11.7. The van der Waals surface area contributed by atoms with Gasteiger partial charge in [-0.2, -0.15) is 0 Å². The van der Waals surface area contributed by atoms with Gasteiger partial charge in [0.2, 0.25) is 5.91 Å². The maximum Gasteiger partial charge on any atom is 0.237 e. The van der Waals surface area contributed by atoms with E-state index in [4.69, 9.17) is 16.2 Å². The first kappa shape index (κ1) is 15.7. The van der Waals surface area contributed by atoms with Crippen LogP contribution in [0, 0.1) is 11.8 Å². The van der Waals surface area contributed by atoms with Crippen LogP contribution in [0.2, 0.25) is 0 Å². The summed E-state index contributed by atoms with van der Waals surface area (Å²) in [5.74, 6) is 0.991. The Morgan fingerprint density at radius 2 is 2.20 bits per heavy atom. The Labute approximate surface area is 122 Å². The molecule has 1 aliphatic heterocycles. The van der Waals surface area contributed by atoms with Gasteiger partial charge in [0.15, 0.2) is 0 Å². The summed E-state index contributed by atoms with van der Waals surface area (Å²) in [5, 5.41) is 0. The smallest absolute Gasteiger partial charge is 0.237 e. The van der Waals surface area contributed by atoms with Crippen molar-refractivity contribution in [3.8, 4) is 0 Å². The second-order valence-corrected chi connectivity index (χ2v) is 6.26. The average molecular weight is 283 g/mol. The zero-order valence-electron chi connectivity index (χ0n) is 12.6. The van der Waals surface area contributed by atoms with Gasteiger partial charge in [-0.3, -0.25) is 9.69 Å². The van der Waals surface area contributed by atoms with E-state index in [1.54, 1.807) is 0 Å². The van der Waals surface area contributed by atoms with Crippen molar-refractivity contribution in [2.45, 2.75) is 51.1 Å². The summed E-state index contributed by atoms with van der Waals surface area (Å²) >= 11 is 0. The molecule has 1 aliphatic carbocycles. The second-order valence-electron chi connectivity index (χ2n) is 6.26. The molecule has 0 spiro atoms. The van der Waals surface area contributed by atoms with E-state index in [0.717, 1.165) is 18.9 Å². The first-order valence-electron chi connectivity index (χ1n) is 8.00. The lowest BCUT2D eigenvalue weighted by Gasteiger charge is -2.46. The minimum atomic E-state index is -0.275.